The van der Waals surface area contributed by atoms with Crippen molar-refractivity contribution in [1.29, 1.82) is 0 Å². The van der Waals surface area contributed by atoms with E-state index in [1.807, 2.05) is 0 Å². The molecule has 1 amide bonds. The molecule has 0 aromatic heterocycles. The van der Waals surface area contributed by atoms with Gasteiger partial charge in [0.1, 0.15) is 0 Å². The molecule has 1 rings (SSSR count). The first kappa shape index (κ1) is 13.3. The summed E-state index contributed by atoms with van der Waals surface area (Å²) in [7, 11) is 0. The van der Waals surface area contributed by atoms with Crippen LogP contribution in [0.3, 0.4) is 0 Å². The molecule has 1 aliphatic carbocycles. The van der Waals surface area contributed by atoms with Crippen LogP contribution in [0.25, 0.3) is 0 Å². The van der Waals surface area contributed by atoms with E-state index >= 15 is 0 Å². The molecule has 6 heteroatoms. The van der Waals surface area contributed by atoms with Crippen molar-refractivity contribution in [2.75, 3.05) is 32.8 Å². The summed E-state index contributed by atoms with van der Waals surface area (Å²) < 4.78 is 24.3. The van der Waals surface area contributed by atoms with E-state index in [2.05, 4.69) is 5.32 Å². The fourth-order valence-electron chi connectivity index (χ4n) is 1.41. The highest BCUT2D eigenvalue weighted by Gasteiger charge is 2.22. The first-order chi connectivity index (χ1) is 7.61. The third-order valence-corrected chi connectivity index (χ3v) is 2.46. The van der Waals surface area contributed by atoms with Gasteiger partial charge in [0, 0.05) is 13.1 Å². The molecule has 0 radical (unpaired) electrons. The van der Waals surface area contributed by atoms with Crippen LogP contribution in [0, 0.1) is 5.92 Å². The number of aliphatic hydroxyl groups is 1. The number of nitrogens with zero attached hydrogens (tertiary/aromatic N) is 1. The lowest BCUT2D eigenvalue weighted by Crippen LogP contribution is -2.41. The van der Waals surface area contributed by atoms with Crippen LogP contribution < -0.4 is 5.32 Å². The molecule has 1 saturated carbocycles. The van der Waals surface area contributed by atoms with Gasteiger partial charge in [-0.15, -0.1) is 0 Å². The van der Waals surface area contributed by atoms with E-state index in [1.165, 1.54) is 4.90 Å². The average Bonchev–Trinajstić information content (AvgIpc) is 2.97. The van der Waals surface area contributed by atoms with Crippen LogP contribution in [0.15, 0.2) is 0 Å². The number of hydrogen-bond acceptors (Lipinski definition) is 3. The second kappa shape index (κ2) is 6.75. The van der Waals surface area contributed by atoms with Gasteiger partial charge in [0.05, 0.1) is 19.7 Å². The van der Waals surface area contributed by atoms with Gasteiger partial charge in [-0.1, -0.05) is 0 Å². The fraction of sp³-hybridized carbons (Fsp3) is 0.900. The molecule has 2 N–H and O–H groups in total. The molecule has 94 valence electrons. The van der Waals surface area contributed by atoms with Crippen molar-refractivity contribution >= 4 is 5.91 Å². The van der Waals surface area contributed by atoms with Crippen molar-refractivity contribution in [3.63, 3.8) is 0 Å². The Morgan fingerprint density at radius 1 is 1.50 bits per heavy atom. The van der Waals surface area contributed by atoms with Crippen molar-refractivity contribution in [2.45, 2.75) is 19.3 Å². The van der Waals surface area contributed by atoms with Crippen LogP contribution in [-0.4, -0.2) is 55.1 Å². The lowest BCUT2D eigenvalue weighted by atomic mass is 10.4. The monoisotopic (exact) mass is 236 g/mol. The SMILES string of the molecule is O=C(CN(CCO)CC(F)F)NCC1CC1. The van der Waals surface area contributed by atoms with Crippen molar-refractivity contribution in [1.82, 2.24) is 10.2 Å². The molecule has 0 heterocycles. The minimum atomic E-state index is -2.48. The summed E-state index contributed by atoms with van der Waals surface area (Å²) >= 11 is 0. The van der Waals surface area contributed by atoms with Gasteiger partial charge in [-0.2, -0.15) is 0 Å². The van der Waals surface area contributed by atoms with Crippen LogP contribution >= 0.6 is 0 Å². The first-order valence-corrected chi connectivity index (χ1v) is 5.50. The van der Waals surface area contributed by atoms with Gasteiger partial charge in [0.2, 0.25) is 5.91 Å². The normalized spacial score (nSPS) is 15.8. The third kappa shape index (κ3) is 5.97. The number of carbonyl (C=O) groups excluding carboxylic acids is 1. The maximum absolute atomic E-state index is 12.1. The van der Waals surface area contributed by atoms with E-state index < -0.39 is 13.0 Å². The summed E-state index contributed by atoms with van der Waals surface area (Å²) in [5.74, 6) is 0.325. The molecule has 0 atom stereocenters. The quantitative estimate of drug-likeness (QED) is 0.627. The average molecular weight is 236 g/mol. The van der Waals surface area contributed by atoms with Crippen molar-refractivity contribution in [3.05, 3.63) is 0 Å². The Balaban J connectivity index is 2.19. The summed E-state index contributed by atoms with van der Waals surface area (Å²) in [6.07, 6.45) is -0.210. The van der Waals surface area contributed by atoms with E-state index in [-0.39, 0.29) is 25.6 Å². The number of aliphatic hydroxyl groups excluding tert-OH is 1. The zero-order valence-electron chi connectivity index (χ0n) is 9.16. The smallest absolute Gasteiger partial charge is 0.251 e. The van der Waals surface area contributed by atoms with Gasteiger partial charge >= 0.3 is 0 Å². The topological polar surface area (TPSA) is 52.6 Å². The third-order valence-electron chi connectivity index (χ3n) is 2.46. The number of rotatable bonds is 8. The molecule has 0 saturated heterocycles. The Bertz CT molecular complexity index is 223. The number of halogens is 2. The minimum absolute atomic E-state index is 0.0718. The van der Waals surface area contributed by atoms with Gasteiger partial charge < -0.3 is 10.4 Å². The molecular formula is C10H18F2N2O2. The van der Waals surface area contributed by atoms with E-state index in [0.29, 0.717) is 12.5 Å². The zero-order valence-corrected chi connectivity index (χ0v) is 9.16. The van der Waals surface area contributed by atoms with Crippen molar-refractivity contribution in [2.24, 2.45) is 5.92 Å². The molecule has 0 spiro atoms. The van der Waals surface area contributed by atoms with E-state index in [9.17, 15) is 13.6 Å². The Labute approximate surface area is 93.6 Å². The predicted molar refractivity (Wildman–Crippen MR) is 55.3 cm³/mol. The van der Waals surface area contributed by atoms with Gasteiger partial charge in [-0.25, -0.2) is 8.78 Å². The van der Waals surface area contributed by atoms with Gasteiger partial charge in [-0.05, 0) is 18.8 Å². The number of nitrogens with one attached hydrogen (secondary N) is 1. The summed E-state index contributed by atoms with van der Waals surface area (Å²) in [6, 6.07) is 0. The van der Waals surface area contributed by atoms with Gasteiger partial charge in [0.25, 0.3) is 6.43 Å². The van der Waals surface area contributed by atoms with Crippen LogP contribution in [0.4, 0.5) is 8.78 Å². The summed E-state index contributed by atoms with van der Waals surface area (Å²) in [5.41, 5.74) is 0. The number of carbonyl (C=O) groups is 1. The van der Waals surface area contributed by atoms with Crippen LogP contribution in [-0.2, 0) is 4.79 Å². The van der Waals surface area contributed by atoms with Gasteiger partial charge in [-0.3, -0.25) is 9.69 Å². The molecule has 0 aromatic carbocycles. The Morgan fingerprint density at radius 3 is 2.69 bits per heavy atom. The molecule has 1 fully saturated rings. The lowest BCUT2D eigenvalue weighted by molar-refractivity contribution is -0.122. The number of alkyl halides is 2. The molecule has 4 nitrogen and oxygen atoms in total. The second-order valence-electron chi connectivity index (χ2n) is 4.10. The van der Waals surface area contributed by atoms with Gasteiger partial charge in [0.15, 0.2) is 0 Å². The van der Waals surface area contributed by atoms with Crippen molar-refractivity contribution in [3.8, 4) is 0 Å². The molecule has 16 heavy (non-hydrogen) atoms. The predicted octanol–water partition coefficient (Wildman–Crippen LogP) is 0.0720. The van der Waals surface area contributed by atoms with E-state index in [1.54, 1.807) is 0 Å². The summed E-state index contributed by atoms with van der Waals surface area (Å²) in [4.78, 5) is 12.6. The molecular weight excluding hydrogens is 218 g/mol. The van der Waals surface area contributed by atoms with Crippen LogP contribution in [0.1, 0.15) is 12.8 Å². The Morgan fingerprint density at radius 2 is 2.19 bits per heavy atom. The molecule has 1 aliphatic rings. The number of hydrogen-bond donors (Lipinski definition) is 2. The molecule has 0 aromatic rings. The minimum Gasteiger partial charge on any atom is -0.395 e. The first-order valence-electron chi connectivity index (χ1n) is 5.50. The highest BCUT2D eigenvalue weighted by Crippen LogP contribution is 2.27. The van der Waals surface area contributed by atoms with Crippen LogP contribution in [0.5, 0.6) is 0 Å². The second-order valence-corrected chi connectivity index (χ2v) is 4.10. The Hall–Kier alpha value is -0.750. The number of amides is 1. The maximum atomic E-state index is 12.1. The largest absolute Gasteiger partial charge is 0.395 e. The van der Waals surface area contributed by atoms with Crippen molar-refractivity contribution < 1.29 is 18.7 Å². The summed E-state index contributed by atoms with van der Waals surface area (Å²) in [6.45, 7) is -0.0285. The molecule has 0 aliphatic heterocycles. The van der Waals surface area contributed by atoms with Crippen LogP contribution in [0.2, 0.25) is 0 Å². The molecule has 0 bridgehead atoms. The zero-order chi connectivity index (χ0) is 12.0. The lowest BCUT2D eigenvalue weighted by Gasteiger charge is -2.19. The van der Waals surface area contributed by atoms with E-state index in [0.717, 1.165) is 12.8 Å². The highest BCUT2D eigenvalue weighted by molar-refractivity contribution is 5.78. The summed E-state index contributed by atoms with van der Waals surface area (Å²) in [5, 5.41) is 11.4. The highest BCUT2D eigenvalue weighted by atomic mass is 19.3. The fourth-order valence-corrected chi connectivity index (χ4v) is 1.41. The molecule has 0 unspecified atom stereocenters. The standard InChI is InChI=1S/C10H18F2N2O2/c11-9(12)6-14(3-4-15)7-10(16)13-5-8-1-2-8/h8-9,15H,1-7H2,(H,13,16). The maximum Gasteiger partial charge on any atom is 0.251 e. The Kier molecular flexibility index (Phi) is 5.62. The van der Waals surface area contributed by atoms with E-state index in [4.69, 9.17) is 5.11 Å².